The molecule has 0 aliphatic carbocycles. The molecule has 7 nitrogen and oxygen atoms in total. The van der Waals surface area contributed by atoms with Crippen LogP contribution in [0.15, 0.2) is 47.1 Å². The standard InChI is InChI=1S/C20H27N3O4/c1-4-23(5-2)17(15-8-6-9-16(12-15)26-3)13-21-19(24)14-22-20(25)18-10-7-11-27-18/h6-12,17H,4-5,13-14H2,1-3H3,(H,21,24)(H,22,25). The summed E-state index contributed by atoms with van der Waals surface area (Å²) < 4.78 is 10.3. The monoisotopic (exact) mass is 373 g/mol. The molecular weight excluding hydrogens is 346 g/mol. The van der Waals surface area contributed by atoms with E-state index >= 15 is 0 Å². The van der Waals surface area contributed by atoms with Crippen LogP contribution in [0.4, 0.5) is 0 Å². The minimum absolute atomic E-state index is 0.0137. The summed E-state index contributed by atoms with van der Waals surface area (Å²) in [4.78, 5) is 26.3. The number of rotatable bonds is 10. The van der Waals surface area contributed by atoms with E-state index in [9.17, 15) is 9.59 Å². The van der Waals surface area contributed by atoms with Crippen LogP contribution in [0.25, 0.3) is 0 Å². The maximum Gasteiger partial charge on any atom is 0.287 e. The Morgan fingerprint density at radius 3 is 2.56 bits per heavy atom. The number of carbonyl (C=O) groups is 2. The molecule has 1 aromatic heterocycles. The number of nitrogens with zero attached hydrogens (tertiary/aromatic N) is 1. The van der Waals surface area contributed by atoms with Crippen LogP contribution in [-0.4, -0.2) is 50.0 Å². The number of hydrogen-bond acceptors (Lipinski definition) is 5. The molecule has 1 heterocycles. The highest BCUT2D eigenvalue weighted by molar-refractivity contribution is 5.94. The van der Waals surface area contributed by atoms with Crippen LogP contribution in [0.1, 0.15) is 36.0 Å². The summed E-state index contributed by atoms with van der Waals surface area (Å²) in [7, 11) is 1.63. The van der Waals surface area contributed by atoms with Crippen LogP contribution >= 0.6 is 0 Å². The van der Waals surface area contributed by atoms with Crippen molar-refractivity contribution >= 4 is 11.8 Å². The van der Waals surface area contributed by atoms with Gasteiger partial charge in [0.05, 0.1) is 26.0 Å². The number of benzene rings is 1. The Labute approximate surface area is 159 Å². The molecule has 1 atom stereocenters. The molecule has 2 aromatic rings. The molecule has 146 valence electrons. The van der Waals surface area contributed by atoms with Gasteiger partial charge in [-0.2, -0.15) is 0 Å². The van der Waals surface area contributed by atoms with Crippen LogP contribution in [0.2, 0.25) is 0 Å². The molecule has 7 heteroatoms. The lowest BCUT2D eigenvalue weighted by molar-refractivity contribution is -0.120. The Kier molecular flexibility index (Phi) is 7.88. The zero-order chi connectivity index (χ0) is 19.6. The third-order valence-corrected chi connectivity index (χ3v) is 4.38. The Hall–Kier alpha value is -2.80. The summed E-state index contributed by atoms with van der Waals surface area (Å²) in [6.07, 6.45) is 1.41. The third kappa shape index (κ3) is 5.86. The first-order chi connectivity index (χ1) is 13.1. The molecule has 27 heavy (non-hydrogen) atoms. The Bertz CT molecular complexity index is 727. The fraction of sp³-hybridized carbons (Fsp3) is 0.400. The lowest BCUT2D eigenvalue weighted by Gasteiger charge is -2.30. The molecule has 0 saturated heterocycles. The Balaban J connectivity index is 1.96. The van der Waals surface area contributed by atoms with Gasteiger partial charge >= 0.3 is 0 Å². The maximum absolute atomic E-state index is 12.2. The molecule has 2 N–H and O–H groups in total. The van der Waals surface area contributed by atoms with E-state index in [1.165, 1.54) is 6.26 Å². The molecule has 0 saturated carbocycles. The second-order valence-electron chi connectivity index (χ2n) is 5.98. The molecule has 2 rings (SSSR count). The molecule has 0 aliphatic rings. The third-order valence-electron chi connectivity index (χ3n) is 4.38. The summed E-state index contributed by atoms with van der Waals surface area (Å²) in [5.41, 5.74) is 1.07. The van der Waals surface area contributed by atoms with Crippen molar-refractivity contribution in [3.05, 3.63) is 54.0 Å². The second kappa shape index (κ2) is 10.4. The second-order valence-corrected chi connectivity index (χ2v) is 5.98. The number of furan rings is 1. The molecule has 2 amide bonds. The van der Waals surface area contributed by atoms with Gasteiger partial charge in [-0.25, -0.2) is 0 Å². The summed E-state index contributed by atoms with van der Waals surface area (Å²) in [5, 5.41) is 5.45. The number of nitrogens with one attached hydrogen (secondary N) is 2. The highest BCUT2D eigenvalue weighted by Gasteiger charge is 2.19. The van der Waals surface area contributed by atoms with Crippen molar-refractivity contribution in [3.63, 3.8) is 0 Å². The van der Waals surface area contributed by atoms with Crippen molar-refractivity contribution in [1.82, 2.24) is 15.5 Å². The van der Waals surface area contributed by atoms with Gasteiger partial charge in [-0.1, -0.05) is 26.0 Å². The molecular formula is C20H27N3O4. The zero-order valence-corrected chi connectivity index (χ0v) is 16.0. The topological polar surface area (TPSA) is 83.8 Å². The van der Waals surface area contributed by atoms with E-state index in [4.69, 9.17) is 9.15 Å². The number of ether oxygens (including phenoxy) is 1. The van der Waals surface area contributed by atoms with Crippen LogP contribution in [0.5, 0.6) is 5.75 Å². The smallest absolute Gasteiger partial charge is 0.287 e. The Morgan fingerprint density at radius 2 is 1.93 bits per heavy atom. The van der Waals surface area contributed by atoms with Crippen molar-refractivity contribution in [3.8, 4) is 5.75 Å². The molecule has 0 bridgehead atoms. The van der Waals surface area contributed by atoms with Crippen molar-refractivity contribution < 1.29 is 18.7 Å². The highest BCUT2D eigenvalue weighted by Crippen LogP contribution is 2.23. The van der Waals surface area contributed by atoms with E-state index in [1.54, 1.807) is 19.2 Å². The van der Waals surface area contributed by atoms with Gasteiger partial charge in [-0.15, -0.1) is 0 Å². The minimum Gasteiger partial charge on any atom is -0.497 e. The fourth-order valence-corrected chi connectivity index (χ4v) is 2.90. The van der Waals surface area contributed by atoms with Crippen LogP contribution in [0.3, 0.4) is 0 Å². The summed E-state index contributed by atoms with van der Waals surface area (Å²) in [6.45, 7) is 6.20. The van der Waals surface area contributed by atoms with Crippen molar-refractivity contribution in [2.45, 2.75) is 19.9 Å². The van der Waals surface area contributed by atoms with Gasteiger partial charge in [0.25, 0.3) is 5.91 Å². The fourth-order valence-electron chi connectivity index (χ4n) is 2.90. The van der Waals surface area contributed by atoms with Gasteiger partial charge in [0.2, 0.25) is 5.91 Å². The number of amides is 2. The highest BCUT2D eigenvalue weighted by atomic mass is 16.5. The van der Waals surface area contributed by atoms with Gasteiger partial charge in [0.15, 0.2) is 5.76 Å². The molecule has 1 aromatic carbocycles. The minimum atomic E-state index is -0.414. The molecule has 1 unspecified atom stereocenters. The van der Waals surface area contributed by atoms with E-state index in [1.807, 2.05) is 24.3 Å². The number of methoxy groups -OCH3 is 1. The average Bonchev–Trinajstić information content (AvgIpc) is 3.24. The van der Waals surface area contributed by atoms with E-state index in [2.05, 4.69) is 29.4 Å². The largest absolute Gasteiger partial charge is 0.497 e. The summed E-state index contributed by atoms with van der Waals surface area (Å²) in [6, 6.07) is 11.0. The van der Waals surface area contributed by atoms with Gasteiger partial charge in [-0.05, 0) is 42.9 Å². The van der Waals surface area contributed by atoms with Crippen molar-refractivity contribution in [1.29, 1.82) is 0 Å². The van der Waals surface area contributed by atoms with E-state index in [-0.39, 0.29) is 24.3 Å². The number of hydrogen-bond donors (Lipinski definition) is 2. The van der Waals surface area contributed by atoms with Crippen LogP contribution in [-0.2, 0) is 4.79 Å². The van der Waals surface area contributed by atoms with Crippen molar-refractivity contribution in [2.24, 2.45) is 0 Å². The summed E-state index contributed by atoms with van der Waals surface area (Å²) >= 11 is 0. The lowest BCUT2D eigenvalue weighted by atomic mass is 10.0. The number of likely N-dealkylation sites (N-methyl/N-ethyl adjacent to an activating group) is 1. The van der Waals surface area contributed by atoms with Gasteiger partial charge in [0.1, 0.15) is 5.75 Å². The zero-order valence-electron chi connectivity index (χ0n) is 16.0. The normalized spacial score (nSPS) is 11.9. The van der Waals surface area contributed by atoms with Gasteiger partial charge in [-0.3, -0.25) is 14.5 Å². The predicted molar refractivity (Wildman–Crippen MR) is 103 cm³/mol. The van der Waals surface area contributed by atoms with Crippen molar-refractivity contribution in [2.75, 3.05) is 33.3 Å². The molecule has 0 aliphatic heterocycles. The Morgan fingerprint density at radius 1 is 1.15 bits per heavy atom. The average molecular weight is 373 g/mol. The summed E-state index contributed by atoms with van der Waals surface area (Å²) in [5.74, 6) is 0.292. The SMILES string of the molecule is CCN(CC)C(CNC(=O)CNC(=O)c1ccco1)c1cccc(OC)c1. The van der Waals surface area contributed by atoms with Gasteiger partial charge in [0, 0.05) is 6.54 Å². The maximum atomic E-state index is 12.2. The van der Waals surface area contributed by atoms with E-state index in [0.29, 0.717) is 6.54 Å². The first-order valence-electron chi connectivity index (χ1n) is 9.05. The molecule has 0 radical (unpaired) electrons. The number of carbonyl (C=O) groups excluding carboxylic acids is 2. The predicted octanol–water partition coefficient (Wildman–Crippen LogP) is 2.22. The van der Waals surface area contributed by atoms with Gasteiger partial charge < -0.3 is 19.8 Å². The van der Waals surface area contributed by atoms with Crippen LogP contribution in [0, 0.1) is 0 Å². The lowest BCUT2D eigenvalue weighted by Crippen LogP contribution is -2.42. The quantitative estimate of drug-likeness (QED) is 0.667. The van der Waals surface area contributed by atoms with E-state index in [0.717, 1.165) is 24.4 Å². The first-order valence-corrected chi connectivity index (χ1v) is 9.05. The molecule has 0 spiro atoms. The first kappa shape index (κ1) is 20.5. The van der Waals surface area contributed by atoms with Crippen LogP contribution < -0.4 is 15.4 Å². The molecule has 0 fully saturated rings. The van der Waals surface area contributed by atoms with E-state index < -0.39 is 5.91 Å².